The van der Waals surface area contributed by atoms with E-state index in [0.717, 1.165) is 5.56 Å². The number of halogens is 3. The Morgan fingerprint density at radius 1 is 1.10 bits per heavy atom. The van der Waals surface area contributed by atoms with Gasteiger partial charge in [-0.3, -0.25) is 0 Å². The molecule has 0 aliphatic rings. The molecule has 2 aromatic rings. The van der Waals surface area contributed by atoms with Gasteiger partial charge in [0.15, 0.2) is 0 Å². The molecule has 0 heterocycles. The Balaban J connectivity index is 2.49. The number of hydrogen-bond donors (Lipinski definition) is 1. The maximum absolute atomic E-state index is 14.2. The van der Waals surface area contributed by atoms with E-state index in [2.05, 4.69) is 15.9 Å². The topological polar surface area (TPSA) is 20.2 Å². The number of aliphatic hydroxyl groups excluding tert-OH is 1. The van der Waals surface area contributed by atoms with Crippen molar-refractivity contribution in [2.75, 3.05) is 6.61 Å². The summed E-state index contributed by atoms with van der Waals surface area (Å²) in [4.78, 5) is 0. The van der Waals surface area contributed by atoms with Crippen LogP contribution in [0, 0.1) is 11.6 Å². The van der Waals surface area contributed by atoms with E-state index in [-0.39, 0.29) is 23.1 Å². The van der Waals surface area contributed by atoms with Gasteiger partial charge in [-0.2, -0.15) is 0 Å². The summed E-state index contributed by atoms with van der Waals surface area (Å²) in [5, 5.41) is 9.89. The smallest absolute Gasteiger partial charge is 0.143 e. The summed E-state index contributed by atoms with van der Waals surface area (Å²) in [6.45, 7) is 1.75. The lowest BCUT2D eigenvalue weighted by Crippen LogP contribution is -2.33. The predicted molar refractivity (Wildman–Crippen MR) is 83.3 cm³/mol. The van der Waals surface area contributed by atoms with E-state index in [1.807, 2.05) is 37.3 Å². The molecule has 2 rings (SSSR count). The fraction of sp³-hybridized carbons (Fsp3) is 0.294. The molecule has 0 spiro atoms. The van der Waals surface area contributed by atoms with Gasteiger partial charge in [-0.25, -0.2) is 8.78 Å². The van der Waals surface area contributed by atoms with E-state index in [0.29, 0.717) is 6.42 Å². The van der Waals surface area contributed by atoms with E-state index in [4.69, 9.17) is 0 Å². The van der Waals surface area contributed by atoms with Crippen LogP contribution in [0.1, 0.15) is 24.5 Å². The highest BCUT2D eigenvalue weighted by Crippen LogP contribution is 2.34. The molecule has 1 unspecified atom stereocenters. The Labute approximate surface area is 131 Å². The van der Waals surface area contributed by atoms with Crippen LogP contribution < -0.4 is 0 Å². The summed E-state index contributed by atoms with van der Waals surface area (Å²) < 4.78 is 28.5. The molecule has 0 aliphatic carbocycles. The SMILES string of the molecule is CCC(CO)(Cc1c(F)ccc(Br)c1F)c1ccccc1. The first-order chi connectivity index (χ1) is 10.0. The quantitative estimate of drug-likeness (QED) is 0.777. The molecule has 0 aromatic heterocycles. The second-order valence-electron chi connectivity index (χ2n) is 5.16. The molecule has 0 saturated carbocycles. The van der Waals surface area contributed by atoms with Crippen LogP contribution in [0.25, 0.3) is 0 Å². The molecule has 2 aromatic carbocycles. The first kappa shape index (κ1) is 16.1. The molecule has 0 saturated heterocycles. The van der Waals surface area contributed by atoms with Gasteiger partial charge in [0.05, 0.1) is 11.1 Å². The van der Waals surface area contributed by atoms with Crippen molar-refractivity contribution in [3.05, 3.63) is 69.7 Å². The summed E-state index contributed by atoms with van der Waals surface area (Å²) >= 11 is 3.08. The van der Waals surface area contributed by atoms with E-state index in [1.165, 1.54) is 12.1 Å². The minimum Gasteiger partial charge on any atom is -0.395 e. The predicted octanol–water partition coefficient (Wildman–Crippen LogP) is 4.61. The minimum absolute atomic E-state index is 0.00382. The molecule has 0 bridgehead atoms. The van der Waals surface area contributed by atoms with Crippen molar-refractivity contribution in [3.63, 3.8) is 0 Å². The fourth-order valence-electron chi connectivity index (χ4n) is 2.55. The summed E-state index contributed by atoms with van der Waals surface area (Å²) in [6.07, 6.45) is 0.694. The van der Waals surface area contributed by atoms with E-state index >= 15 is 0 Å². The Kier molecular flexibility index (Phi) is 5.12. The first-order valence-electron chi connectivity index (χ1n) is 6.83. The maximum Gasteiger partial charge on any atom is 0.143 e. The van der Waals surface area contributed by atoms with E-state index in [9.17, 15) is 13.9 Å². The Morgan fingerprint density at radius 2 is 1.76 bits per heavy atom. The molecule has 0 aliphatic heterocycles. The number of aliphatic hydroxyl groups is 1. The lowest BCUT2D eigenvalue weighted by molar-refractivity contribution is 0.184. The lowest BCUT2D eigenvalue weighted by atomic mass is 9.74. The molecular weight excluding hydrogens is 338 g/mol. The third-order valence-electron chi connectivity index (χ3n) is 4.02. The average molecular weight is 355 g/mol. The van der Waals surface area contributed by atoms with Gasteiger partial charge in [0.2, 0.25) is 0 Å². The number of rotatable bonds is 5. The molecule has 0 fully saturated rings. The standard InChI is InChI=1S/C17H17BrF2O/c1-2-17(11-21,12-6-4-3-5-7-12)10-13-15(19)9-8-14(18)16(13)20/h3-9,21H,2,10-11H2,1H3. The zero-order valence-corrected chi connectivity index (χ0v) is 13.3. The summed E-state index contributed by atoms with van der Waals surface area (Å²) in [6, 6.07) is 12.0. The first-order valence-corrected chi connectivity index (χ1v) is 7.62. The van der Waals surface area contributed by atoms with Crippen molar-refractivity contribution in [1.29, 1.82) is 0 Å². The molecule has 1 atom stereocenters. The van der Waals surface area contributed by atoms with Crippen LogP contribution in [0.15, 0.2) is 46.9 Å². The van der Waals surface area contributed by atoms with Gasteiger partial charge in [-0.15, -0.1) is 0 Å². The molecular formula is C17H17BrF2O. The number of benzene rings is 2. The van der Waals surface area contributed by atoms with Gasteiger partial charge < -0.3 is 5.11 Å². The average Bonchev–Trinajstić information content (AvgIpc) is 2.53. The summed E-state index contributed by atoms with van der Waals surface area (Å²) in [5.41, 5.74) is 0.196. The van der Waals surface area contributed by atoms with Crippen molar-refractivity contribution in [1.82, 2.24) is 0 Å². The lowest BCUT2D eigenvalue weighted by Gasteiger charge is -2.32. The van der Waals surface area contributed by atoms with Crippen LogP contribution in [-0.2, 0) is 11.8 Å². The van der Waals surface area contributed by atoms with Crippen LogP contribution >= 0.6 is 15.9 Å². The molecule has 112 valence electrons. The Morgan fingerprint density at radius 3 is 2.33 bits per heavy atom. The van der Waals surface area contributed by atoms with Crippen LogP contribution in [0.4, 0.5) is 8.78 Å². The zero-order valence-electron chi connectivity index (χ0n) is 11.7. The zero-order chi connectivity index (χ0) is 15.5. The Bertz CT molecular complexity index is 610. The minimum atomic E-state index is -0.691. The van der Waals surface area contributed by atoms with Gasteiger partial charge in [0.25, 0.3) is 0 Å². The van der Waals surface area contributed by atoms with Crippen LogP contribution in [-0.4, -0.2) is 11.7 Å². The molecule has 1 nitrogen and oxygen atoms in total. The van der Waals surface area contributed by atoms with Crippen molar-refractivity contribution in [2.24, 2.45) is 0 Å². The van der Waals surface area contributed by atoms with Crippen molar-refractivity contribution in [3.8, 4) is 0 Å². The molecule has 4 heteroatoms. The molecule has 0 amide bonds. The maximum atomic E-state index is 14.2. The van der Waals surface area contributed by atoms with E-state index < -0.39 is 17.0 Å². The van der Waals surface area contributed by atoms with Crippen molar-refractivity contribution < 1.29 is 13.9 Å². The van der Waals surface area contributed by atoms with Gasteiger partial charge in [0, 0.05) is 11.0 Å². The monoisotopic (exact) mass is 354 g/mol. The molecule has 21 heavy (non-hydrogen) atoms. The molecule has 0 radical (unpaired) electrons. The highest BCUT2D eigenvalue weighted by molar-refractivity contribution is 9.10. The third kappa shape index (κ3) is 3.16. The van der Waals surface area contributed by atoms with Gasteiger partial charge in [-0.05, 0) is 46.5 Å². The van der Waals surface area contributed by atoms with Gasteiger partial charge in [0.1, 0.15) is 11.6 Å². The summed E-state index contributed by atoms with van der Waals surface area (Å²) in [5.74, 6) is -1.19. The van der Waals surface area contributed by atoms with Crippen molar-refractivity contribution in [2.45, 2.75) is 25.2 Å². The Hall–Kier alpha value is -1.26. The highest BCUT2D eigenvalue weighted by atomic mass is 79.9. The number of hydrogen-bond acceptors (Lipinski definition) is 1. The van der Waals surface area contributed by atoms with Crippen molar-refractivity contribution >= 4 is 15.9 Å². The normalized spacial score (nSPS) is 14.0. The highest BCUT2D eigenvalue weighted by Gasteiger charge is 2.32. The van der Waals surface area contributed by atoms with Crippen LogP contribution in [0.2, 0.25) is 0 Å². The van der Waals surface area contributed by atoms with Gasteiger partial charge >= 0.3 is 0 Å². The second-order valence-corrected chi connectivity index (χ2v) is 6.01. The third-order valence-corrected chi connectivity index (χ3v) is 4.63. The molecule has 1 N–H and O–H groups in total. The second kappa shape index (κ2) is 6.67. The van der Waals surface area contributed by atoms with E-state index in [1.54, 1.807) is 0 Å². The summed E-state index contributed by atoms with van der Waals surface area (Å²) in [7, 11) is 0. The fourth-order valence-corrected chi connectivity index (χ4v) is 2.92. The van der Waals surface area contributed by atoms with Gasteiger partial charge in [-0.1, -0.05) is 37.3 Å². The van der Waals surface area contributed by atoms with Crippen LogP contribution in [0.5, 0.6) is 0 Å². The largest absolute Gasteiger partial charge is 0.395 e. The van der Waals surface area contributed by atoms with Crippen LogP contribution in [0.3, 0.4) is 0 Å².